The molecule has 1 saturated carbocycles. The van der Waals surface area contributed by atoms with Crippen molar-refractivity contribution in [3.05, 3.63) is 24.0 Å². The molecule has 1 saturated heterocycles. The Kier molecular flexibility index (Phi) is 7.24. The molecule has 1 aliphatic carbocycles. The molecule has 0 bridgehead atoms. The van der Waals surface area contributed by atoms with E-state index >= 15 is 0 Å². The number of nitrogens with one attached hydrogen (secondary N) is 4. The van der Waals surface area contributed by atoms with Crippen LogP contribution in [0.3, 0.4) is 0 Å². The van der Waals surface area contributed by atoms with Crippen molar-refractivity contribution >= 4 is 28.8 Å². The van der Waals surface area contributed by atoms with Crippen LogP contribution in [0, 0.1) is 23.2 Å². The topological polar surface area (TPSA) is 149 Å². The van der Waals surface area contributed by atoms with Crippen molar-refractivity contribution in [3.8, 4) is 11.8 Å². The number of fused-ring (bicyclic) bond motifs is 1. The third-order valence-corrected chi connectivity index (χ3v) is 6.84. The van der Waals surface area contributed by atoms with Crippen LogP contribution in [-0.4, -0.2) is 52.9 Å². The summed E-state index contributed by atoms with van der Waals surface area (Å²) in [6, 6.07) is 6.78. The van der Waals surface area contributed by atoms with Gasteiger partial charge in [-0.3, -0.25) is 14.4 Å². The molecule has 35 heavy (non-hydrogen) atoms. The number of amides is 3. The molecular weight excluding hydrogens is 448 g/mol. The van der Waals surface area contributed by atoms with E-state index in [0.29, 0.717) is 54.9 Å². The summed E-state index contributed by atoms with van der Waals surface area (Å²) in [5, 5.41) is 18.3. The van der Waals surface area contributed by atoms with E-state index < -0.39 is 17.5 Å². The van der Waals surface area contributed by atoms with Gasteiger partial charge in [0.15, 0.2) is 5.82 Å². The van der Waals surface area contributed by atoms with Crippen LogP contribution in [0.5, 0.6) is 5.75 Å². The lowest BCUT2D eigenvalue weighted by Crippen LogP contribution is -2.54. The fourth-order valence-electron chi connectivity index (χ4n) is 4.55. The first kappa shape index (κ1) is 24.5. The number of aromatic nitrogens is 2. The summed E-state index contributed by atoms with van der Waals surface area (Å²) in [4.78, 5) is 45.3. The summed E-state index contributed by atoms with van der Waals surface area (Å²) in [6.07, 6.45) is 5.08. The van der Waals surface area contributed by atoms with E-state index in [4.69, 9.17) is 4.74 Å². The van der Waals surface area contributed by atoms with E-state index in [1.165, 1.54) is 7.11 Å². The molecule has 1 aliphatic heterocycles. The number of imidazole rings is 1. The van der Waals surface area contributed by atoms with Crippen molar-refractivity contribution in [1.29, 1.82) is 5.26 Å². The van der Waals surface area contributed by atoms with Crippen LogP contribution < -0.4 is 20.7 Å². The largest absolute Gasteiger partial charge is 0.494 e. The Morgan fingerprint density at radius 3 is 2.80 bits per heavy atom. The number of benzene rings is 1. The average Bonchev–Trinajstić information content (AvgIpc) is 3.40. The van der Waals surface area contributed by atoms with Gasteiger partial charge in [-0.15, -0.1) is 0 Å². The molecular formula is C25H32N6O4. The quantitative estimate of drug-likeness (QED) is 0.387. The highest BCUT2D eigenvalue weighted by Crippen LogP contribution is 2.34. The van der Waals surface area contributed by atoms with Crippen LogP contribution >= 0.6 is 0 Å². The zero-order valence-electron chi connectivity index (χ0n) is 20.1. The van der Waals surface area contributed by atoms with E-state index in [2.05, 4.69) is 32.0 Å². The second kappa shape index (κ2) is 10.3. The van der Waals surface area contributed by atoms with Gasteiger partial charge in [0.25, 0.3) is 5.91 Å². The molecule has 10 heteroatoms. The normalized spacial score (nSPS) is 19.9. The monoisotopic (exact) mass is 480 g/mol. The number of H-pyrrole nitrogens is 1. The number of methoxy groups -OCH3 is 1. The van der Waals surface area contributed by atoms with Crippen LogP contribution in [-0.2, 0) is 9.59 Å². The number of nitriles is 1. The van der Waals surface area contributed by atoms with Crippen LogP contribution in [0.2, 0.25) is 0 Å². The lowest BCUT2D eigenvalue weighted by molar-refractivity contribution is -0.125. The number of carbonyl (C=O) groups excluding carboxylic acids is 3. The van der Waals surface area contributed by atoms with Crippen molar-refractivity contribution in [2.24, 2.45) is 11.8 Å². The van der Waals surface area contributed by atoms with E-state index in [9.17, 15) is 19.6 Å². The van der Waals surface area contributed by atoms with Gasteiger partial charge in [0.1, 0.15) is 22.8 Å². The first-order chi connectivity index (χ1) is 16.8. The number of rotatable bonds is 11. The third-order valence-electron chi connectivity index (χ3n) is 6.84. The van der Waals surface area contributed by atoms with Crippen LogP contribution in [0.1, 0.15) is 62.5 Å². The maximum absolute atomic E-state index is 13.2. The van der Waals surface area contributed by atoms with E-state index in [-0.39, 0.29) is 23.6 Å². The van der Waals surface area contributed by atoms with Gasteiger partial charge >= 0.3 is 0 Å². The van der Waals surface area contributed by atoms with Crippen molar-refractivity contribution < 1.29 is 19.1 Å². The van der Waals surface area contributed by atoms with E-state index in [1.54, 1.807) is 25.1 Å². The molecule has 2 aromatic rings. The maximum Gasteiger partial charge on any atom is 0.287 e. The maximum atomic E-state index is 13.2. The van der Waals surface area contributed by atoms with Gasteiger partial charge in [-0.05, 0) is 57.1 Å². The van der Waals surface area contributed by atoms with Gasteiger partial charge < -0.3 is 25.7 Å². The Bertz CT molecular complexity index is 1150. The smallest absolute Gasteiger partial charge is 0.287 e. The highest BCUT2D eigenvalue weighted by molar-refractivity contribution is 5.98. The molecule has 3 atom stereocenters. The molecule has 2 fully saturated rings. The van der Waals surface area contributed by atoms with Crippen LogP contribution in [0.4, 0.5) is 0 Å². The zero-order valence-corrected chi connectivity index (χ0v) is 20.1. The Morgan fingerprint density at radius 2 is 2.14 bits per heavy atom. The van der Waals surface area contributed by atoms with E-state index in [1.807, 2.05) is 0 Å². The molecule has 1 aromatic heterocycles. The van der Waals surface area contributed by atoms with Gasteiger partial charge in [0.05, 0.1) is 18.7 Å². The lowest BCUT2D eigenvalue weighted by Gasteiger charge is -2.27. The predicted molar refractivity (Wildman–Crippen MR) is 128 cm³/mol. The third kappa shape index (κ3) is 5.91. The molecule has 4 rings (SSSR count). The van der Waals surface area contributed by atoms with Gasteiger partial charge in [-0.2, -0.15) is 5.26 Å². The van der Waals surface area contributed by atoms with Crippen molar-refractivity contribution in [2.75, 3.05) is 13.7 Å². The van der Waals surface area contributed by atoms with Crippen molar-refractivity contribution in [2.45, 2.75) is 63.5 Å². The fraction of sp³-hybridized carbons (Fsp3) is 0.560. The number of ether oxygens (including phenoxy) is 1. The Labute approximate surface area is 204 Å². The highest BCUT2D eigenvalue weighted by atomic mass is 16.5. The number of hydrogen-bond donors (Lipinski definition) is 4. The molecule has 4 N–H and O–H groups in total. The number of carbonyl (C=O) groups is 3. The first-order valence-corrected chi connectivity index (χ1v) is 12.2. The molecule has 2 aliphatic rings. The SMILES string of the molecule is COc1cccc2[nH]c(C(=O)N[C@@H](CC3CC3)C(=O)N[C@](C)(C#N)CCCC3CCNC3=O)nc12. The average molecular weight is 481 g/mol. The second-order valence-electron chi connectivity index (χ2n) is 9.75. The van der Waals surface area contributed by atoms with Gasteiger partial charge in [-0.25, -0.2) is 4.98 Å². The first-order valence-electron chi connectivity index (χ1n) is 12.2. The summed E-state index contributed by atoms with van der Waals surface area (Å²) in [6.45, 7) is 2.37. The van der Waals surface area contributed by atoms with Crippen molar-refractivity contribution in [1.82, 2.24) is 25.9 Å². The Morgan fingerprint density at radius 1 is 1.34 bits per heavy atom. The van der Waals surface area contributed by atoms with E-state index in [0.717, 1.165) is 19.3 Å². The number of hydrogen-bond acceptors (Lipinski definition) is 6. The molecule has 3 amide bonds. The van der Waals surface area contributed by atoms with Gasteiger partial charge in [-0.1, -0.05) is 18.9 Å². The molecule has 0 radical (unpaired) electrons. The summed E-state index contributed by atoms with van der Waals surface area (Å²) in [7, 11) is 1.54. The van der Waals surface area contributed by atoms with Gasteiger partial charge in [0, 0.05) is 12.5 Å². The predicted octanol–water partition coefficient (Wildman–Crippen LogP) is 2.17. The highest BCUT2D eigenvalue weighted by Gasteiger charge is 2.35. The minimum absolute atomic E-state index is 0.0296. The fourth-order valence-corrected chi connectivity index (χ4v) is 4.55. The molecule has 2 heterocycles. The molecule has 10 nitrogen and oxygen atoms in total. The molecule has 1 unspecified atom stereocenters. The minimum Gasteiger partial charge on any atom is -0.494 e. The Balaban J connectivity index is 1.40. The molecule has 1 aromatic carbocycles. The standard InChI is InChI=1S/C25H32N6O4/c1-25(14-26,11-4-5-16-10-12-27-22(16)32)31-23(33)18(13-15-8-9-15)29-24(34)21-28-17-6-3-7-19(35-2)20(17)30-21/h3,6-7,15-16,18H,4-5,8-13H2,1-2H3,(H,27,32)(H,28,30)(H,29,34)(H,31,33)/t16?,18-,25-/m0/s1. The Hall–Kier alpha value is -3.61. The number of nitrogens with zero attached hydrogens (tertiary/aromatic N) is 2. The summed E-state index contributed by atoms with van der Waals surface area (Å²) in [5.41, 5.74) is 0.104. The lowest BCUT2D eigenvalue weighted by atomic mass is 9.92. The number of aromatic amines is 1. The second-order valence-corrected chi connectivity index (χ2v) is 9.75. The van der Waals surface area contributed by atoms with Crippen molar-refractivity contribution in [3.63, 3.8) is 0 Å². The number of para-hydroxylation sites is 1. The van der Waals surface area contributed by atoms with Crippen LogP contribution in [0.15, 0.2) is 18.2 Å². The summed E-state index contributed by atoms with van der Waals surface area (Å²) < 4.78 is 5.31. The summed E-state index contributed by atoms with van der Waals surface area (Å²) >= 11 is 0. The summed E-state index contributed by atoms with van der Waals surface area (Å²) in [5.74, 6) is 0.162. The van der Waals surface area contributed by atoms with Gasteiger partial charge in [0.2, 0.25) is 11.8 Å². The zero-order chi connectivity index (χ0) is 25.0. The van der Waals surface area contributed by atoms with Crippen LogP contribution in [0.25, 0.3) is 11.0 Å². The molecule has 186 valence electrons. The minimum atomic E-state index is -1.09. The molecule has 0 spiro atoms.